The summed E-state index contributed by atoms with van der Waals surface area (Å²) in [7, 11) is 1.60. The van der Waals surface area contributed by atoms with E-state index >= 15 is 4.39 Å². The van der Waals surface area contributed by atoms with E-state index in [1.165, 1.54) is 18.2 Å². The standard InChI is InChI=1S/C29H27F2N3O2/c1-36-13-8-19-2-6-24(27(31)14-19)23-7-5-21(28(35)34-12-10-29(18-34)9-11-33-29)15-25(23)20-3-4-22(17-32)26(30)16-20/h2-7,14-16,33H,8-13,18H2,1H3. The maximum atomic E-state index is 15.3. The second-order valence-corrected chi connectivity index (χ2v) is 9.56. The fourth-order valence-corrected chi connectivity index (χ4v) is 5.13. The van der Waals surface area contributed by atoms with Crippen LogP contribution in [0.25, 0.3) is 22.3 Å². The zero-order chi connectivity index (χ0) is 25.3. The van der Waals surface area contributed by atoms with Crippen molar-refractivity contribution in [1.82, 2.24) is 10.2 Å². The van der Waals surface area contributed by atoms with Crippen molar-refractivity contribution in [3.05, 3.63) is 82.9 Å². The fraction of sp³-hybridized carbons (Fsp3) is 0.310. The van der Waals surface area contributed by atoms with Gasteiger partial charge in [0.25, 0.3) is 5.91 Å². The van der Waals surface area contributed by atoms with Gasteiger partial charge in [0.05, 0.1) is 12.2 Å². The van der Waals surface area contributed by atoms with Gasteiger partial charge >= 0.3 is 0 Å². The minimum Gasteiger partial charge on any atom is -0.384 e. The van der Waals surface area contributed by atoms with Crippen LogP contribution in [0, 0.1) is 23.0 Å². The summed E-state index contributed by atoms with van der Waals surface area (Å²) in [6.45, 7) is 2.79. The van der Waals surface area contributed by atoms with Gasteiger partial charge in [-0.3, -0.25) is 4.79 Å². The van der Waals surface area contributed by atoms with E-state index in [-0.39, 0.29) is 17.0 Å². The highest BCUT2D eigenvalue weighted by atomic mass is 19.1. The molecular weight excluding hydrogens is 460 g/mol. The Labute approximate surface area is 209 Å². The zero-order valence-electron chi connectivity index (χ0n) is 20.1. The van der Waals surface area contributed by atoms with Crippen LogP contribution in [-0.2, 0) is 11.2 Å². The number of amides is 1. The van der Waals surface area contributed by atoms with Crippen LogP contribution >= 0.6 is 0 Å². The summed E-state index contributed by atoms with van der Waals surface area (Å²) in [5, 5.41) is 12.6. The minimum absolute atomic E-state index is 0.0301. The van der Waals surface area contributed by atoms with E-state index in [9.17, 15) is 9.18 Å². The highest BCUT2D eigenvalue weighted by molar-refractivity contribution is 5.98. The number of hydrogen-bond acceptors (Lipinski definition) is 4. The summed E-state index contributed by atoms with van der Waals surface area (Å²) in [5.74, 6) is -1.17. The van der Waals surface area contributed by atoms with Gasteiger partial charge in [-0.25, -0.2) is 8.78 Å². The molecule has 7 heteroatoms. The first kappa shape index (κ1) is 24.1. The van der Waals surface area contributed by atoms with E-state index < -0.39 is 11.6 Å². The molecular formula is C29H27F2N3O2. The Morgan fingerprint density at radius 3 is 2.50 bits per heavy atom. The Hall–Kier alpha value is -3.60. The second-order valence-electron chi connectivity index (χ2n) is 9.56. The lowest BCUT2D eigenvalue weighted by molar-refractivity contribution is 0.0766. The van der Waals surface area contributed by atoms with Gasteiger partial charge in [0.2, 0.25) is 0 Å². The molecule has 0 saturated carbocycles. The molecule has 5 nitrogen and oxygen atoms in total. The van der Waals surface area contributed by atoms with E-state index in [0.717, 1.165) is 24.9 Å². The number of methoxy groups -OCH3 is 1. The smallest absolute Gasteiger partial charge is 0.253 e. The molecule has 0 bridgehead atoms. The first-order valence-electron chi connectivity index (χ1n) is 12.1. The Morgan fingerprint density at radius 2 is 1.86 bits per heavy atom. The molecule has 0 radical (unpaired) electrons. The van der Waals surface area contributed by atoms with Gasteiger partial charge in [0.1, 0.15) is 17.7 Å². The molecule has 3 aromatic carbocycles. The maximum absolute atomic E-state index is 15.3. The number of benzene rings is 3. The van der Waals surface area contributed by atoms with Crippen molar-refractivity contribution in [3.63, 3.8) is 0 Å². The normalized spacial score (nSPS) is 18.8. The molecule has 36 heavy (non-hydrogen) atoms. The van der Waals surface area contributed by atoms with Crippen LogP contribution < -0.4 is 5.32 Å². The summed E-state index contributed by atoms with van der Waals surface area (Å²) in [4.78, 5) is 15.2. The van der Waals surface area contributed by atoms with Crippen LogP contribution in [0.5, 0.6) is 0 Å². The van der Waals surface area contributed by atoms with Crippen molar-refractivity contribution in [2.24, 2.45) is 0 Å². The molecule has 1 unspecified atom stereocenters. The van der Waals surface area contributed by atoms with Crippen molar-refractivity contribution >= 4 is 5.91 Å². The fourth-order valence-electron chi connectivity index (χ4n) is 5.13. The molecule has 2 aliphatic heterocycles. The average Bonchev–Trinajstić information content (AvgIpc) is 3.34. The molecule has 5 rings (SSSR count). The lowest BCUT2D eigenvalue weighted by Crippen LogP contribution is -2.58. The van der Waals surface area contributed by atoms with E-state index in [2.05, 4.69) is 5.32 Å². The number of nitrogens with zero attached hydrogens (tertiary/aromatic N) is 2. The third-order valence-corrected chi connectivity index (χ3v) is 7.33. The van der Waals surface area contributed by atoms with E-state index in [4.69, 9.17) is 10.00 Å². The van der Waals surface area contributed by atoms with Crippen LogP contribution in [0.4, 0.5) is 8.78 Å². The van der Waals surface area contributed by atoms with Gasteiger partial charge in [-0.05, 0) is 78.4 Å². The van der Waals surface area contributed by atoms with Crippen molar-refractivity contribution in [1.29, 1.82) is 5.26 Å². The number of carbonyl (C=O) groups excluding carboxylic acids is 1. The molecule has 0 aliphatic carbocycles. The predicted molar refractivity (Wildman–Crippen MR) is 133 cm³/mol. The number of nitrogens with one attached hydrogen (secondary N) is 1. The van der Waals surface area contributed by atoms with E-state index in [1.807, 2.05) is 17.0 Å². The Morgan fingerprint density at radius 1 is 1.06 bits per heavy atom. The third kappa shape index (κ3) is 4.50. The summed E-state index contributed by atoms with van der Waals surface area (Å²) < 4.78 is 34.9. The Bertz CT molecular complexity index is 1360. The van der Waals surface area contributed by atoms with Crippen molar-refractivity contribution in [3.8, 4) is 28.3 Å². The molecule has 1 amide bonds. The highest BCUT2D eigenvalue weighted by Crippen LogP contribution is 2.37. The van der Waals surface area contributed by atoms with Crippen LogP contribution in [0.1, 0.15) is 34.3 Å². The number of ether oxygens (including phenoxy) is 1. The summed E-state index contributed by atoms with van der Waals surface area (Å²) >= 11 is 0. The van der Waals surface area contributed by atoms with Gasteiger partial charge in [-0.15, -0.1) is 0 Å². The Balaban J connectivity index is 1.55. The van der Waals surface area contributed by atoms with Crippen LogP contribution in [0.2, 0.25) is 0 Å². The molecule has 2 saturated heterocycles. The Kier molecular flexibility index (Phi) is 6.57. The molecule has 184 valence electrons. The molecule has 1 spiro atoms. The number of rotatable bonds is 6. The number of nitriles is 1. The second kappa shape index (κ2) is 9.81. The average molecular weight is 488 g/mol. The predicted octanol–water partition coefficient (Wildman–Crippen LogP) is 4.94. The van der Waals surface area contributed by atoms with Gasteiger partial charge in [0.15, 0.2) is 0 Å². The summed E-state index contributed by atoms with van der Waals surface area (Å²) in [5.41, 5.74) is 3.13. The SMILES string of the molecule is COCCc1ccc(-c2ccc(C(=O)N3CCC4(CCN4)C3)cc2-c2ccc(C#N)c(F)c2)c(F)c1. The first-order valence-corrected chi connectivity index (χ1v) is 12.1. The van der Waals surface area contributed by atoms with Gasteiger partial charge < -0.3 is 15.0 Å². The van der Waals surface area contributed by atoms with Crippen LogP contribution in [0.3, 0.4) is 0 Å². The topological polar surface area (TPSA) is 65.4 Å². The lowest BCUT2D eigenvalue weighted by Gasteiger charge is -2.39. The number of likely N-dealkylation sites (tertiary alicyclic amines) is 1. The van der Waals surface area contributed by atoms with Gasteiger partial charge in [-0.2, -0.15) is 5.26 Å². The molecule has 0 aromatic heterocycles. The highest BCUT2D eigenvalue weighted by Gasteiger charge is 2.44. The molecule has 1 N–H and O–H groups in total. The number of halogens is 2. The quantitative estimate of drug-likeness (QED) is 0.535. The summed E-state index contributed by atoms with van der Waals surface area (Å²) in [6.07, 6.45) is 2.57. The molecule has 1 atom stereocenters. The molecule has 2 aliphatic rings. The molecule has 2 heterocycles. The minimum atomic E-state index is -0.661. The third-order valence-electron chi connectivity index (χ3n) is 7.33. The number of hydrogen-bond donors (Lipinski definition) is 1. The molecule has 2 fully saturated rings. The van der Waals surface area contributed by atoms with Crippen molar-refractivity contribution in [2.45, 2.75) is 24.8 Å². The maximum Gasteiger partial charge on any atom is 0.253 e. The van der Waals surface area contributed by atoms with Crippen molar-refractivity contribution < 1.29 is 18.3 Å². The van der Waals surface area contributed by atoms with Crippen LogP contribution in [0.15, 0.2) is 54.6 Å². The summed E-state index contributed by atoms with van der Waals surface area (Å²) in [6, 6.07) is 16.3. The van der Waals surface area contributed by atoms with Crippen molar-refractivity contribution in [2.75, 3.05) is 33.4 Å². The molecule has 3 aromatic rings. The first-order chi connectivity index (χ1) is 17.4. The largest absolute Gasteiger partial charge is 0.384 e. The lowest BCUT2D eigenvalue weighted by atomic mass is 9.87. The van der Waals surface area contributed by atoms with Crippen LogP contribution in [-0.4, -0.2) is 49.7 Å². The van der Waals surface area contributed by atoms with E-state index in [0.29, 0.717) is 53.9 Å². The number of carbonyl (C=O) groups is 1. The van der Waals surface area contributed by atoms with Gasteiger partial charge in [-0.1, -0.05) is 24.3 Å². The zero-order valence-corrected chi connectivity index (χ0v) is 20.1. The van der Waals surface area contributed by atoms with Gasteiger partial charge in [0, 0.05) is 36.9 Å². The monoisotopic (exact) mass is 487 g/mol. The van der Waals surface area contributed by atoms with E-state index in [1.54, 1.807) is 37.4 Å².